The fraction of sp³-hybridized carbons (Fsp3) is 0.818. The van der Waals surface area contributed by atoms with E-state index in [-0.39, 0.29) is 12.5 Å². The summed E-state index contributed by atoms with van der Waals surface area (Å²) in [4.78, 5) is 22.8. The molecule has 4 nitrogen and oxygen atoms in total. The van der Waals surface area contributed by atoms with Crippen LogP contribution < -0.4 is 0 Å². The van der Waals surface area contributed by atoms with Gasteiger partial charge in [0.25, 0.3) is 0 Å². The topological polar surface area (TPSA) is 52.6 Å². The summed E-state index contributed by atoms with van der Waals surface area (Å²) in [6, 6.07) is -0.342. The van der Waals surface area contributed by atoms with Gasteiger partial charge in [0.15, 0.2) is 0 Å². The van der Waals surface area contributed by atoms with Gasteiger partial charge in [-0.25, -0.2) is 0 Å². The molecule has 0 radical (unpaired) electrons. The standard InChI is InChI=1S/C11H16F6O4Si/c1-4-5-6-22(20-2,21-3)7(8(18)10(12,13)14)9(19)11(15,16)17/h7H,4-6H2,1-3H3. The van der Waals surface area contributed by atoms with Crippen LogP contribution in [0.15, 0.2) is 0 Å². The molecule has 0 aliphatic heterocycles. The Balaban J connectivity index is 6.01. The van der Waals surface area contributed by atoms with Gasteiger partial charge in [-0.05, 0) is 6.04 Å². The molecular weight excluding hydrogens is 338 g/mol. The van der Waals surface area contributed by atoms with Crippen LogP contribution in [0.1, 0.15) is 19.8 Å². The van der Waals surface area contributed by atoms with Crippen molar-refractivity contribution in [1.29, 1.82) is 0 Å². The summed E-state index contributed by atoms with van der Waals surface area (Å²) < 4.78 is 85.2. The van der Waals surface area contributed by atoms with Crippen LogP contribution in [0.2, 0.25) is 11.6 Å². The Morgan fingerprint density at radius 3 is 1.55 bits per heavy atom. The number of hydrogen-bond donors (Lipinski definition) is 0. The first kappa shape index (κ1) is 21.1. The van der Waals surface area contributed by atoms with Crippen molar-refractivity contribution in [2.45, 2.75) is 43.7 Å². The van der Waals surface area contributed by atoms with Crippen LogP contribution in [0.4, 0.5) is 26.3 Å². The summed E-state index contributed by atoms with van der Waals surface area (Å²) in [7, 11) is -2.70. The Morgan fingerprint density at radius 2 is 1.32 bits per heavy atom. The molecule has 0 rings (SSSR count). The molecule has 0 heterocycles. The van der Waals surface area contributed by atoms with Crippen LogP contribution in [-0.4, -0.2) is 46.7 Å². The lowest BCUT2D eigenvalue weighted by Gasteiger charge is -2.33. The number of alkyl halides is 6. The minimum absolute atomic E-state index is 0.153. The highest BCUT2D eigenvalue weighted by atomic mass is 28.4. The molecule has 0 aromatic carbocycles. The maximum Gasteiger partial charge on any atom is 0.450 e. The predicted molar refractivity (Wildman–Crippen MR) is 65.4 cm³/mol. The van der Waals surface area contributed by atoms with Crippen LogP contribution >= 0.6 is 0 Å². The summed E-state index contributed by atoms with van der Waals surface area (Å²) in [5, 5.41) is 0. The fourth-order valence-electron chi connectivity index (χ4n) is 1.94. The van der Waals surface area contributed by atoms with E-state index < -0.39 is 38.0 Å². The summed E-state index contributed by atoms with van der Waals surface area (Å²) in [6.45, 7) is 1.64. The number of carbonyl (C=O) groups excluding carboxylic acids is 2. The average Bonchev–Trinajstić information content (AvgIpc) is 2.40. The van der Waals surface area contributed by atoms with E-state index in [1.807, 2.05) is 0 Å². The Hall–Kier alpha value is -0.943. The maximum atomic E-state index is 12.6. The number of Topliss-reactive ketones (excluding diaryl/α,β-unsaturated/α-hetero) is 2. The third kappa shape index (κ3) is 4.78. The quantitative estimate of drug-likeness (QED) is 0.382. The second kappa shape index (κ2) is 7.55. The Labute approximate surface area is 124 Å². The third-order valence-electron chi connectivity index (χ3n) is 3.09. The number of rotatable bonds is 8. The number of halogens is 6. The van der Waals surface area contributed by atoms with Gasteiger partial charge >= 0.3 is 20.9 Å². The lowest BCUT2D eigenvalue weighted by atomic mass is 10.2. The van der Waals surface area contributed by atoms with E-state index >= 15 is 0 Å². The highest BCUT2D eigenvalue weighted by Crippen LogP contribution is 2.40. The first-order valence-corrected chi connectivity index (χ1v) is 8.29. The summed E-state index contributed by atoms with van der Waals surface area (Å²) in [5.41, 5.74) is -3.03. The minimum Gasteiger partial charge on any atom is -0.397 e. The lowest BCUT2D eigenvalue weighted by Crippen LogP contribution is -2.56. The normalized spacial score (nSPS) is 13.5. The van der Waals surface area contributed by atoms with Crippen molar-refractivity contribution in [2.75, 3.05) is 14.2 Å². The van der Waals surface area contributed by atoms with Crippen molar-refractivity contribution in [3.05, 3.63) is 0 Å². The van der Waals surface area contributed by atoms with Gasteiger partial charge in [0.05, 0.1) is 0 Å². The highest BCUT2D eigenvalue weighted by molar-refractivity contribution is 6.77. The number of carbonyl (C=O) groups is 2. The van der Waals surface area contributed by atoms with Crippen molar-refractivity contribution in [3.63, 3.8) is 0 Å². The van der Waals surface area contributed by atoms with Crippen molar-refractivity contribution < 1.29 is 44.8 Å². The van der Waals surface area contributed by atoms with E-state index in [0.29, 0.717) is 6.42 Å². The molecule has 0 spiro atoms. The van der Waals surface area contributed by atoms with E-state index in [1.165, 1.54) is 0 Å². The van der Waals surface area contributed by atoms with Crippen molar-refractivity contribution in [3.8, 4) is 0 Å². The van der Waals surface area contributed by atoms with Crippen LogP contribution in [0.3, 0.4) is 0 Å². The van der Waals surface area contributed by atoms with Gasteiger partial charge < -0.3 is 8.85 Å². The van der Waals surface area contributed by atoms with Gasteiger partial charge in [-0.2, -0.15) is 26.3 Å². The Kier molecular flexibility index (Phi) is 7.23. The van der Waals surface area contributed by atoms with Gasteiger partial charge in [0, 0.05) is 14.2 Å². The number of hydrogen-bond acceptors (Lipinski definition) is 4. The Morgan fingerprint density at radius 1 is 0.955 bits per heavy atom. The molecule has 22 heavy (non-hydrogen) atoms. The monoisotopic (exact) mass is 354 g/mol. The van der Waals surface area contributed by atoms with Gasteiger partial charge in [0.2, 0.25) is 11.6 Å². The van der Waals surface area contributed by atoms with Crippen LogP contribution in [0.25, 0.3) is 0 Å². The van der Waals surface area contributed by atoms with Gasteiger partial charge in [-0.3, -0.25) is 9.59 Å². The number of ketones is 2. The van der Waals surface area contributed by atoms with Gasteiger partial charge in [-0.1, -0.05) is 19.8 Å². The van der Waals surface area contributed by atoms with E-state index in [0.717, 1.165) is 14.2 Å². The molecule has 0 bridgehead atoms. The average molecular weight is 354 g/mol. The van der Waals surface area contributed by atoms with Gasteiger partial charge in [0.1, 0.15) is 5.54 Å². The number of unbranched alkanes of at least 4 members (excludes halogenated alkanes) is 1. The molecule has 0 aromatic heterocycles. The first-order chi connectivity index (χ1) is 9.87. The molecule has 0 aliphatic carbocycles. The third-order valence-corrected chi connectivity index (χ3v) is 6.93. The second-order valence-corrected chi connectivity index (χ2v) is 8.00. The van der Waals surface area contributed by atoms with Crippen LogP contribution in [0, 0.1) is 0 Å². The largest absolute Gasteiger partial charge is 0.450 e. The first-order valence-electron chi connectivity index (χ1n) is 6.19. The lowest BCUT2D eigenvalue weighted by molar-refractivity contribution is -0.183. The molecular formula is C11H16F6O4Si. The zero-order chi connectivity index (χ0) is 17.8. The van der Waals surface area contributed by atoms with E-state index in [9.17, 15) is 35.9 Å². The maximum absolute atomic E-state index is 12.6. The molecule has 0 saturated carbocycles. The molecule has 0 atom stereocenters. The summed E-state index contributed by atoms with van der Waals surface area (Å²) >= 11 is 0. The minimum atomic E-state index is -5.60. The zero-order valence-electron chi connectivity index (χ0n) is 12.1. The second-order valence-electron chi connectivity index (χ2n) is 4.48. The van der Waals surface area contributed by atoms with Crippen LogP contribution in [0.5, 0.6) is 0 Å². The van der Waals surface area contributed by atoms with E-state index in [1.54, 1.807) is 6.92 Å². The van der Waals surface area contributed by atoms with Crippen molar-refractivity contribution in [2.24, 2.45) is 0 Å². The van der Waals surface area contributed by atoms with Crippen molar-refractivity contribution in [1.82, 2.24) is 0 Å². The summed E-state index contributed by atoms with van der Waals surface area (Å²) in [5.74, 6) is -5.58. The van der Waals surface area contributed by atoms with Gasteiger partial charge in [-0.15, -0.1) is 0 Å². The molecule has 0 unspecified atom stereocenters. The molecule has 0 amide bonds. The molecule has 0 fully saturated rings. The molecule has 0 aromatic rings. The zero-order valence-corrected chi connectivity index (χ0v) is 13.1. The van der Waals surface area contributed by atoms with E-state index in [4.69, 9.17) is 8.85 Å². The highest BCUT2D eigenvalue weighted by Gasteiger charge is 2.64. The molecule has 11 heteroatoms. The molecule has 0 aliphatic rings. The Bertz CT molecular complexity index is 376. The summed E-state index contributed by atoms with van der Waals surface area (Å²) in [6.07, 6.45) is -10.6. The molecule has 0 N–H and O–H groups in total. The SMILES string of the molecule is CCCC[Si](OC)(OC)C(C(=O)C(F)(F)F)C(=O)C(F)(F)F. The predicted octanol–water partition coefficient (Wildman–Crippen LogP) is 3.15. The fourth-order valence-corrected chi connectivity index (χ4v) is 5.24. The smallest absolute Gasteiger partial charge is 0.397 e. The van der Waals surface area contributed by atoms with Crippen LogP contribution in [-0.2, 0) is 18.4 Å². The molecule has 130 valence electrons. The van der Waals surface area contributed by atoms with Crippen molar-refractivity contribution >= 4 is 20.1 Å². The molecule has 0 saturated heterocycles. The van der Waals surface area contributed by atoms with E-state index in [2.05, 4.69) is 0 Å².